The number of hydrogen-bond acceptors (Lipinski definition) is 3. The molecule has 0 aromatic heterocycles. The van der Waals surface area contributed by atoms with Crippen molar-refractivity contribution < 1.29 is 5.11 Å². The van der Waals surface area contributed by atoms with Gasteiger partial charge in [0.25, 0.3) is 0 Å². The lowest BCUT2D eigenvalue weighted by Gasteiger charge is -2.38. The van der Waals surface area contributed by atoms with Gasteiger partial charge in [-0.15, -0.1) is 0 Å². The van der Waals surface area contributed by atoms with Crippen molar-refractivity contribution in [2.45, 2.75) is 69.9 Å². The van der Waals surface area contributed by atoms with E-state index in [0.29, 0.717) is 6.54 Å². The van der Waals surface area contributed by atoms with Crippen molar-refractivity contribution in [1.29, 1.82) is 0 Å². The van der Waals surface area contributed by atoms with E-state index in [4.69, 9.17) is 5.73 Å². The summed E-state index contributed by atoms with van der Waals surface area (Å²) in [6.45, 7) is 4.86. The van der Waals surface area contributed by atoms with E-state index in [1.54, 1.807) is 0 Å². The third-order valence-electron chi connectivity index (χ3n) is 5.23. The predicted molar refractivity (Wildman–Crippen MR) is 75.5 cm³/mol. The molecule has 106 valence electrons. The molecule has 0 aromatic carbocycles. The summed E-state index contributed by atoms with van der Waals surface area (Å²) in [5.41, 5.74) is 5.04. The molecule has 1 saturated heterocycles. The number of fused-ring (bicyclic) bond motifs is 1. The summed E-state index contributed by atoms with van der Waals surface area (Å²) in [7, 11) is 0. The summed E-state index contributed by atoms with van der Waals surface area (Å²) >= 11 is 0. The minimum atomic E-state index is -0.620. The summed E-state index contributed by atoms with van der Waals surface area (Å²) in [4.78, 5) is 2.69. The molecule has 3 nitrogen and oxygen atoms in total. The predicted octanol–water partition coefficient (Wildman–Crippen LogP) is 2.13. The molecular formula is C15H30N2O. The maximum atomic E-state index is 10.2. The number of piperidine rings is 1. The van der Waals surface area contributed by atoms with Crippen molar-refractivity contribution in [3.63, 3.8) is 0 Å². The number of nitrogens with zero attached hydrogens (tertiary/aromatic N) is 1. The van der Waals surface area contributed by atoms with E-state index in [9.17, 15) is 5.11 Å². The van der Waals surface area contributed by atoms with Crippen LogP contribution in [-0.2, 0) is 0 Å². The standard InChI is InChI=1S/C15H30N2O/c1-2-15(18,12-16)9-5-11-17-10-4-7-13-6-3-8-14(13)17/h13-14,18H,2-12,16H2,1H3. The van der Waals surface area contributed by atoms with Gasteiger partial charge in [0.2, 0.25) is 0 Å². The van der Waals surface area contributed by atoms with Crippen LogP contribution in [0.1, 0.15) is 58.3 Å². The molecule has 2 rings (SSSR count). The summed E-state index contributed by atoms with van der Waals surface area (Å²) < 4.78 is 0. The molecule has 3 N–H and O–H groups in total. The number of rotatable bonds is 6. The molecule has 1 heterocycles. The SMILES string of the molecule is CCC(O)(CN)CCCN1CCCC2CCCC21. The van der Waals surface area contributed by atoms with Crippen molar-refractivity contribution in [1.82, 2.24) is 4.90 Å². The van der Waals surface area contributed by atoms with Crippen LogP contribution in [0.5, 0.6) is 0 Å². The largest absolute Gasteiger partial charge is 0.389 e. The molecule has 2 aliphatic rings. The van der Waals surface area contributed by atoms with E-state index in [1.165, 1.54) is 38.6 Å². The fourth-order valence-electron chi connectivity index (χ4n) is 3.87. The lowest BCUT2D eigenvalue weighted by atomic mass is 9.90. The van der Waals surface area contributed by atoms with Gasteiger partial charge in [-0.1, -0.05) is 13.3 Å². The van der Waals surface area contributed by atoms with Crippen molar-refractivity contribution in [3.05, 3.63) is 0 Å². The molecule has 0 amide bonds. The van der Waals surface area contributed by atoms with Gasteiger partial charge in [-0.05, 0) is 64.0 Å². The smallest absolute Gasteiger partial charge is 0.0767 e. The summed E-state index contributed by atoms with van der Waals surface area (Å²) in [5.74, 6) is 0.971. The van der Waals surface area contributed by atoms with Gasteiger partial charge in [-0.25, -0.2) is 0 Å². The van der Waals surface area contributed by atoms with Crippen molar-refractivity contribution in [2.75, 3.05) is 19.6 Å². The Labute approximate surface area is 112 Å². The van der Waals surface area contributed by atoms with Crippen molar-refractivity contribution in [3.8, 4) is 0 Å². The highest BCUT2D eigenvalue weighted by Crippen LogP contribution is 2.36. The topological polar surface area (TPSA) is 49.5 Å². The summed E-state index contributed by atoms with van der Waals surface area (Å²) in [6.07, 6.45) is 9.81. The molecule has 0 aromatic rings. The Kier molecular flexibility index (Phi) is 5.05. The van der Waals surface area contributed by atoms with E-state index >= 15 is 0 Å². The Hall–Kier alpha value is -0.120. The lowest BCUT2D eigenvalue weighted by Crippen LogP contribution is -2.44. The molecule has 1 aliphatic carbocycles. The number of hydrogen-bond donors (Lipinski definition) is 2. The van der Waals surface area contributed by atoms with Gasteiger partial charge >= 0.3 is 0 Å². The van der Waals surface area contributed by atoms with Crippen LogP contribution < -0.4 is 5.73 Å². The maximum absolute atomic E-state index is 10.2. The average molecular weight is 254 g/mol. The highest BCUT2D eigenvalue weighted by molar-refractivity contribution is 4.89. The van der Waals surface area contributed by atoms with Crippen molar-refractivity contribution in [2.24, 2.45) is 11.7 Å². The fourth-order valence-corrected chi connectivity index (χ4v) is 3.87. The van der Waals surface area contributed by atoms with Crippen LogP contribution in [0.25, 0.3) is 0 Å². The van der Waals surface area contributed by atoms with E-state index in [1.807, 2.05) is 6.92 Å². The fraction of sp³-hybridized carbons (Fsp3) is 1.00. The second kappa shape index (κ2) is 6.36. The Morgan fingerprint density at radius 2 is 2.06 bits per heavy atom. The zero-order chi connectivity index (χ0) is 13.0. The van der Waals surface area contributed by atoms with Crippen LogP contribution in [0.4, 0.5) is 0 Å². The number of nitrogens with two attached hydrogens (primary N) is 1. The molecule has 1 saturated carbocycles. The lowest BCUT2D eigenvalue weighted by molar-refractivity contribution is 0.0268. The normalized spacial score (nSPS) is 32.2. The van der Waals surface area contributed by atoms with E-state index < -0.39 is 5.60 Å². The number of likely N-dealkylation sites (tertiary alicyclic amines) is 1. The average Bonchev–Trinajstić information content (AvgIpc) is 2.87. The zero-order valence-corrected chi connectivity index (χ0v) is 11.9. The van der Waals surface area contributed by atoms with Crippen LogP contribution >= 0.6 is 0 Å². The number of aliphatic hydroxyl groups is 1. The maximum Gasteiger partial charge on any atom is 0.0767 e. The van der Waals surface area contributed by atoms with Crippen LogP contribution in [0.15, 0.2) is 0 Å². The first-order chi connectivity index (χ1) is 8.68. The molecule has 0 bridgehead atoms. The molecule has 1 aliphatic heterocycles. The van der Waals surface area contributed by atoms with Gasteiger partial charge in [0.15, 0.2) is 0 Å². The first-order valence-corrected chi connectivity index (χ1v) is 7.85. The second-order valence-electron chi connectivity index (χ2n) is 6.32. The highest BCUT2D eigenvalue weighted by atomic mass is 16.3. The molecule has 3 unspecified atom stereocenters. The molecule has 3 atom stereocenters. The first kappa shape index (κ1) is 14.3. The van der Waals surface area contributed by atoms with Gasteiger partial charge in [0.1, 0.15) is 0 Å². The van der Waals surface area contributed by atoms with E-state index in [2.05, 4.69) is 4.90 Å². The van der Waals surface area contributed by atoms with Crippen LogP contribution in [0.3, 0.4) is 0 Å². The van der Waals surface area contributed by atoms with Gasteiger partial charge in [0.05, 0.1) is 5.60 Å². The summed E-state index contributed by atoms with van der Waals surface area (Å²) in [6, 6.07) is 0.853. The summed E-state index contributed by atoms with van der Waals surface area (Å²) in [5, 5.41) is 10.2. The van der Waals surface area contributed by atoms with E-state index in [0.717, 1.165) is 37.8 Å². The minimum Gasteiger partial charge on any atom is -0.389 e. The molecule has 0 radical (unpaired) electrons. The Balaban J connectivity index is 1.76. The molecule has 0 spiro atoms. The van der Waals surface area contributed by atoms with Gasteiger partial charge in [0, 0.05) is 12.6 Å². The molecular weight excluding hydrogens is 224 g/mol. The Morgan fingerprint density at radius 3 is 2.78 bits per heavy atom. The third-order valence-corrected chi connectivity index (χ3v) is 5.23. The molecule has 3 heteroatoms. The third kappa shape index (κ3) is 3.25. The van der Waals surface area contributed by atoms with Gasteiger partial charge in [-0.3, -0.25) is 0 Å². The minimum absolute atomic E-state index is 0.398. The molecule has 18 heavy (non-hydrogen) atoms. The van der Waals surface area contributed by atoms with Gasteiger partial charge in [-0.2, -0.15) is 0 Å². The highest BCUT2D eigenvalue weighted by Gasteiger charge is 2.34. The van der Waals surface area contributed by atoms with Crippen LogP contribution in [-0.4, -0.2) is 41.3 Å². The second-order valence-corrected chi connectivity index (χ2v) is 6.32. The van der Waals surface area contributed by atoms with Crippen molar-refractivity contribution >= 4 is 0 Å². The zero-order valence-electron chi connectivity index (χ0n) is 11.9. The van der Waals surface area contributed by atoms with Crippen LogP contribution in [0, 0.1) is 5.92 Å². The van der Waals surface area contributed by atoms with Gasteiger partial charge < -0.3 is 15.7 Å². The molecule has 2 fully saturated rings. The Bertz CT molecular complexity index is 253. The van der Waals surface area contributed by atoms with E-state index in [-0.39, 0.29) is 0 Å². The Morgan fingerprint density at radius 1 is 1.28 bits per heavy atom. The van der Waals surface area contributed by atoms with Crippen LogP contribution in [0.2, 0.25) is 0 Å². The quantitative estimate of drug-likeness (QED) is 0.763. The first-order valence-electron chi connectivity index (χ1n) is 7.85. The monoisotopic (exact) mass is 254 g/mol.